The van der Waals surface area contributed by atoms with E-state index in [1.807, 2.05) is 0 Å². The van der Waals surface area contributed by atoms with Gasteiger partial charge in [-0.3, -0.25) is 0 Å². The van der Waals surface area contributed by atoms with E-state index in [-0.39, 0.29) is 0 Å². The molecule has 2 N–H and O–H groups in total. The van der Waals surface area contributed by atoms with Crippen molar-refractivity contribution in [1.29, 1.82) is 0 Å². The van der Waals surface area contributed by atoms with Gasteiger partial charge in [0.25, 0.3) is 0 Å². The van der Waals surface area contributed by atoms with Crippen LogP contribution in [0.3, 0.4) is 0 Å². The summed E-state index contributed by atoms with van der Waals surface area (Å²) >= 11 is 0. The van der Waals surface area contributed by atoms with E-state index < -0.39 is 0 Å². The highest BCUT2D eigenvalue weighted by Gasteiger charge is 1.97. The summed E-state index contributed by atoms with van der Waals surface area (Å²) in [5.41, 5.74) is 5.75. The van der Waals surface area contributed by atoms with Crippen LogP contribution in [-0.4, -0.2) is 6.04 Å². The first-order valence-electron chi connectivity index (χ1n) is 4.50. The van der Waals surface area contributed by atoms with Crippen molar-refractivity contribution in [2.75, 3.05) is 0 Å². The Labute approximate surface area is 70.4 Å². The maximum atomic E-state index is 5.75. The van der Waals surface area contributed by atoms with Crippen molar-refractivity contribution in [2.24, 2.45) is 5.73 Å². The Balaban J connectivity index is 2.97. The van der Waals surface area contributed by atoms with Crippen molar-refractivity contribution in [1.82, 2.24) is 0 Å². The smallest absolute Gasteiger partial charge is 0.00860 e. The van der Waals surface area contributed by atoms with Crippen LogP contribution in [0.15, 0.2) is 0 Å². The summed E-state index contributed by atoms with van der Waals surface area (Å²) in [4.78, 5) is 0. The van der Waals surface area contributed by atoms with E-state index in [4.69, 9.17) is 12.2 Å². The second kappa shape index (κ2) is 7.63. The monoisotopic (exact) mass is 153 g/mol. The molecular formula is C10H19N. The maximum absolute atomic E-state index is 5.75. The van der Waals surface area contributed by atoms with Crippen LogP contribution in [-0.2, 0) is 0 Å². The van der Waals surface area contributed by atoms with Crippen LogP contribution >= 0.6 is 0 Å². The molecule has 1 atom stereocenters. The molecule has 0 aromatic heterocycles. The van der Waals surface area contributed by atoms with Gasteiger partial charge in [-0.15, -0.1) is 12.3 Å². The fourth-order valence-electron chi connectivity index (χ4n) is 1.01. The van der Waals surface area contributed by atoms with E-state index in [9.17, 15) is 0 Å². The number of nitrogens with two attached hydrogens (primary N) is 1. The second-order valence-corrected chi connectivity index (χ2v) is 2.97. The van der Waals surface area contributed by atoms with Crippen molar-refractivity contribution in [2.45, 2.75) is 51.5 Å². The Hall–Kier alpha value is -0.480. The molecule has 0 saturated heterocycles. The quantitative estimate of drug-likeness (QED) is 0.460. The summed E-state index contributed by atoms with van der Waals surface area (Å²) in [5, 5.41) is 0. The van der Waals surface area contributed by atoms with E-state index in [1.165, 1.54) is 12.8 Å². The van der Waals surface area contributed by atoms with Crippen LogP contribution in [0.1, 0.15) is 45.4 Å². The molecule has 0 fully saturated rings. The van der Waals surface area contributed by atoms with E-state index in [1.54, 1.807) is 0 Å². The van der Waals surface area contributed by atoms with Gasteiger partial charge in [0.15, 0.2) is 0 Å². The van der Waals surface area contributed by atoms with Crippen molar-refractivity contribution in [3.63, 3.8) is 0 Å². The molecule has 64 valence electrons. The lowest BCUT2D eigenvalue weighted by atomic mass is 10.1. The van der Waals surface area contributed by atoms with Gasteiger partial charge in [-0.25, -0.2) is 0 Å². The SMILES string of the molecule is C#CCCCCCC(N)CC. The highest BCUT2D eigenvalue weighted by atomic mass is 14.6. The molecule has 0 aliphatic rings. The largest absolute Gasteiger partial charge is 0.328 e. The fourth-order valence-corrected chi connectivity index (χ4v) is 1.01. The molecular weight excluding hydrogens is 134 g/mol. The predicted octanol–water partition coefficient (Wildman–Crippen LogP) is 2.31. The molecule has 1 unspecified atom stereocenters. The summed E-state index contributed by atoms with van der Waals surface area (Å²) in [6.45, 7) is 2.13. The molecule has 0 aromatic carbocycles. The molecule has 0 spiro atoms. The Morgan fingerprint density at radius 3 is 2.64 bits per heavy atom. The van der Waals surface area contributed by atoms with Gasteiger partial charge >= 0.3 is 0 Å². The van der Waals surface area contributed by atoms with E-state index in [2.05, 4.69) is 12.8 Å². The summed E-state index contributed by atoms with van der Waals surface area (Å²) in [6.07, 6.45) is 11.9. The lowest BCUT2D eigenvalue weighted by Gasteiger charge is -2.06. The first-order valence-corrected chi connectivity index (χ1v) is 4.50. The Morgan fingerprint density at radius 2 is 2.09 bits per heavy atom. The van der Waals surface area contributed by atoms with Crippen molar-refractivity contribution in [3.05, 3.63) is 0 Å². The van der Waals surface area contributed by atoms with Crippen LogP contribution < -0.4 is 5.73 Å². The highest BCUT2D eigenvalue weighted by molar-refractivity contribution is 4.82. The number of hydrogen-bond acceptors (Lipinski definition) is 1. The standard InChI is InChI=1S/C10H19N/c1-3-5-6-7-8-9-10(11)4-2/h1,10H,4-9,11H2,2H3. The molecule has 0 heterocycles. The lowest BCUT2D eigenvalue weighted by molar-refractivity contribution is 0.543. The normalized spacial score (nSPS) is 12.5. The molecule has 0 rings (SSSR count). The van der Waals surface area contributed by atoms with Crippen LogP contribution in [0, 0.1) is 12.3 Å². The molecule has 0 radical (unpaired) electrons. The zero-order valence-corrected chi connectivity index (χ0v) is 7.47. The van der Waals surface area contributed by atoms with Crippen LogP contribution in [0.2, 0.25) is 0 Å². The van der Waals surface area contributed by atoms with E-state index >= 15 is 0 Å². The van der Waals surface area contributed by atoms with Gasteiger partial charge < -0.3 is 5.73 Å². The third kappa shape index (κ3) is 7.42. The van der Waals surface area contributed by atoms with Gasteiger partial charge in [-0.2, -0.15) is 0 Å². The third-order valence-corrected chi connectivity index (χ3v) is 1.92. The van der Waals surface area contributed by atoms with Gasteiger partial charge in [0.05, 0.1) is 0 Å². The maximum Gasteiger partial charge on any atom is 0.00860 e. The summed E-state index contributed by atoms with van der Waals surface area (Å²) < 4.78 is 0. The highest BCUT2D eigenvalue weighted by Crippen LogP contribution is 2.05. The van der Waals surface area contributed by atoms with Crippen LogP contribution in [0.5, 0.6) is 0 Å². The molecule has 0 bridgehead atoms. The molecule has 0 amide bonds. The molecule has 0 saturated carbocycles. The molecule has 0 aromatic rings. The molecule has 0 aliphatic heterocycles. The minimum atomic E-state index is 0.404. The zero-order chi connectivity index (χ0) is 8.53. The van der Waals surface area contributed by atoms with Gasteiger partial charge in [0, 0.05) is 12.5 Å². The second-order valence-electron chi connectivity index (χ2n) is 2.97. The summed E-state index contributed by atoms with van der Waals surface area (Å²) in [6, 6.07) is 0.404. The lowest BCUT2D eigenvalue weighted by Crippen LogP contribution is -2.17. The van der Waals surface area contributed by atoms with Crippen molar-refractivity contribution < 1.29 is 0 Å². The van der Waals surface area contributed by atoms with Gasteiger partial charge in [-0.05, 0) is 19.3 Å². The van der Waals surface area contributed by atoms with E-state index in [0.29, 0.717) is 6.04 Å². The molecule has 1 nitrogen and oxygen atoms in total. The van der Waals surface area contributed by atoms with Gasteiger partial charge in [0.1, 0.15) is 0 Å². The number of hydrogen-bond donors (Lipinski definition) is 1. The molecule has 11 heavy (non-hydrogen) atoms. The Morgan fingerprint density at radius 1 is 1.36 bits per heavy atom. The first kappa shape index (κ1) is 10.5. The number of rotatable bonds is 6. The van der Waals surface area contributed by atoms with Gasteiger partial charge in [-0.1, -0.05) is 19.8 Å². The third-order valence-electron chi connectivity index (χ3n) is 1.92. The molecule has 1 heteroatoms. The number of unbranched alkanes of at least 4 members (excludes halogenated alkanes) is 3. The topological polar surface area (TPSA) is 26.0 Å². The average Bonchev–Trinajstić information content (AvgIpc) is 2.04. The zero-order valence-electron chi connectivity index (χ0n) is 7.47. The summed E-state index contributed by atoms with van der Waals surface area (Å²) in [5.74, 6) is 2.64. The minimum Gasteiger partial charge on any atom is -0.328 e. The average molecular weight is 153 g/mol. The first-order chi connectivity index (χ1) is 5.31. The fraction of sp³-hybridized carbons (Fsp3) is 0.800. The van der Waals surface area contributed by atoms with E-state index in [0.717, 1.165) is 25.7 Å². The van der Waals surface area contributed by atoms with Crippen molar-refractivity contribution in [3.8, 4) is 12.3 Å². The van der Waals surface area contributed by atoms with Crippen LogP contribution in [0.4, 0.5) is 0 Å². The van der Waals surface area contributed by atoms with Crippen LogP contribution in [0.25, 0.3) is 0 Å². The minimum absolute atomic E-state index is 0.404. The van der Waals surface area contributed by atoms with Gasteiger partial charge in [0.2, 0.25) is 0 Å². The predicted molar refractivity (Wildman–Crippen MR) is 50.2 cm³/mol. The summed E-state index contributed by atoms with van der Waals surface area (Å²) in [7, 11) is 0. The molecule has 0 aliphatic carbocycles. The Bertz CT molecular complexity index is 113. The van der Waals surface area contributed by atoms with Crippen molar-refractivity contribution >= 4 is 0 Å². The number of terminal acetylenes is 1. The Kier molecular flexibility index (Phi) is 7.29.